The summed E-state index contributed by atoms with van der Waals surface area (Å²) in [5.74, 6) is 2.00. The lowest BCUT2D eigenvalue weighted by atomic mass is 10.1. The molecule has 0 saturated carbocycles. The third-order valence-electron chi connectivity index (χ3n) is 4.90. The maximum absolute atomic E-state index is 13.0. The molecule has 0 aliphatic carbocycles. The SMILES string of the molecule is COc1ccc(-c2noc(CN(C)S(=O)(=O)c3ccc4cc(OC)ccc4c3)n2)cc1. The van der Waals surface area contributed by atoms with E-state index in [4.69, 9.17) is 14.0 Å². The fourth-order valence-corrected chi connectivity index (χ4v) is 4.28. The molecule has 160 valence electrons. The van der Waals surface area contributed by atoms with E-state index in [1.165, 1.54) is 11.4 Å². The smallest absolute Gasteiger partial charge is 0.243 e. The Balaban J connectivity index is 1.54. The summed E-state index contributed by atoms with van der Waals surface area (Å²) in [5.41, 5.74) is 0.742. The van der Waals surface area contributed by atoms with Crippen LogP contribution in [0, 0.1) is 0 Å². The maximum atomic E-state index is 13.0. The molecule has 0 atom stereocenters. The number of fused-ring (bicyclic) bond motifs is 1. The first-order valence-electron chi connectivity index (χ1n) is 9.42. The van der Waals surface area contributed by atoms with E-state index in [0.717, 1.165) is 16.3 Å². The molecule has 9 heteroatoms. The molecule has 0 bridgehead atoms. The Morgan fingerprint density at radius 2 is 1.55 bits per heavy atom. The van der Waals surface area contributed by atoms with Crippen LogP contribution >= 0.6 is 0 Å². The van der Waals surface area contributed by atoms with E-state index in [9.17, 15) is 8.42 Å². The number of methoxy groups -OCH3 is 2. The van der Waals surface area contributed by atoms with Gasteiger partial charge in [-0.1, -0.05) is 17.3 Å². The number of nitrogens with zero attached hydrogens (tertiary/aromatic N) is 3. The van der Waals surface area contributed by atoms with Crippen molar-refractivity contribution in [1.29, 1.82) is 0 Å². The summed E-state index contributed by atoms with van der Waals surface area (Å²) in [6.07, 6.45) is 0. The van der Waals surface area contributed by atoms with E-state index in [1.54, 1.807) is 62.8 Å². The monoisotopic (exact) mass is 439 g/mol. The summed E-state index contributed by atoms with van der Waals surface area (Å²) in [4.78, 5) is 4.50. The van der Waals surface area contributed by atoms with Crippen LogP contribution in [-0.4, -0.2) is 44.1 Å². The van der Waals surface area contributed by atoms with Crippen molar-refractivity contribution >= 4 is 20.8 Å². The third-order valence-corrected chi connectivity index (χ3v) is 6.70. The van der Waals surface area contributed by atoms with Gasteiger partial charge < -0.3 is 14.0 Å². The Morgan fingerprint density at radius 1 is 0.903 bits per heavy atom. The fraction of sp³-hybridized carbons (Fsp3) is 0.182. The lowest BCUT2D eigenvalue weighted by Crippen LogP contribution is -2.26. The van der Waals surface area contributed by atoms with Crippen molar-refractivity contribution in [3.8, 4) is 22.9 Å². The van der Waals surface area contributed by atoms with E-state index in [1.807, 2.05) is 12.1 Å². The van der Waals surface area contributed by atoms with E-state index < -0.39 is 10.0 Å². The molecular weight excluding hydrogens is 418 g/mol. The van der Waals surface area contributed by atoms with E-state index in [2.05, 4.69) is 10.1 Å². The Kier molecular flexibility index (Phi) is 5.62. The minimum Gasteiger partial charge on any atom is -0.497 e. The molecule has 0 N–H and O–H groups in total. The molecule has 4 aromatic rings. The van der Waals surface area contributed by atoms with Crippen molar-refractivity contribution in [3.63, 3.8) is 0 Å². The Hall–Kier alpha value is -3.43. The summed E-state index contributed by atoms with van der Waals surface area (Å²) in [6, 6.07) is 17.6. The van der Waals surface area contributed by atoms with Crippen molar-refractivity contribution in [2.75, 3.05) is 21.3 Å². The summed E-state index contributed by atoms with van der Waals surface area (Å²) in [7, 11) is 0.903. The van der Waals surface area contributed by atoms with Crippen LogP contribution in [0.25, 0.3) is 22.2 Å². The van der Waals surface area contributed by atoms with Crippen molar-refractivity contribution in [2.45, 2.75) is 11.4 Å². The first kappa shape index (κ1) is 20.8. The molecule has 8 nitrogen and oxygen atoms in total. The van der Waals surface area contributed by atoms with Gasteiger partial charge in [-0.25, -0.2) is 8.42 Å². The molecule has 0 amide bonds. The largest absolute Gasteiger partial charge is 0.497 e. The van der Waals surface area contributed by atoms with Gasteiger partial charge in [0.1, 0.15) is 11.5 Å². The normalized spacial score (nSPS) is 11.7. The maximum Gasteiger partial charge on any atom is 0.243 e. The summed E-state index contributed by atoms with van der Waals surface area (Å²) >= 11 is 0. The van der Waals surface area contributed by atoms with Crippen molar-refractivity contribution in [3.05, 3.63) is 66.6 Å². The van der Waals surface area contributed by atoms with Gasteiger partial charge in [0.2, 0.25) is 21.7 Å². The quantitative estimate of drug-likeness (QED) is 0.433. The average Bonchev–Trinajstić information content (AvgIpc) is 3.26. The van der Waals surface area contributed by atoms with E-state index in [0.29, 0.717) is 17.3 Å². The topological polar surface area (TPSA) is 94.8 Å². The first-order chi connectivity index (χ1) is 14.9. The number of hydrogen-bond acceptors (Lipinski definition) is 7. The highest BCUT2D eigenvalue weighted by molar-refractivity contribution is 7.89. The Morgan fingerprint density at radius 3 is 2.26 bits per heavy atom. The molecule has 4 rings (SSSR count). The lowest BCUT2D eigenvalue weighted by molar-refractivity contribution is 0.337. The molecule has 0 fully saturated rings. The molecule has 1 aromatic heterocycles. The number of aromatic nitrogens is 2. The van der Waals surface area contributed by atoms with Gasteiger partial charge in [0, 0.05) is 12.6 Å². The van der Waals surface area contributed by atoms with Crippen LogP contribution in [0.2, 0.25) is 0 Å². The molecule has 0 aliphatic rings. The van der Waals surface area contributed by atoms with E-state index >= 15 is 0 Å². The second-order valence-electron chi connectivity index (χ2n) is 6.88. The van der Waals surface area contributed by atoms with Crippen LogP contribution in [0.4, 0.5) is 0 Å². The summed E-state index contributed by atoms with van der Waals surface area (Å²) in [5, 5.41) is 5.64. The minimum atomic E-state index is -3.75. The third kappa shape index (κ3) is 4.23. The summed E-state index contributed by atoms with van der Waals surface area (Å²) < 4.78 is 42.9. The molecule has 31 heavy (non-hydrogen) atoms. The highest BCUT2D eigenvalue weighted by atomic mass is 32.2. The van der Waals surface area contributed by atoms with Crippen molar-refractivity contribution < 1.29 is 22.4 Å². The van der Waals surface area contributed by atoms with Gasteiger partial charge >= 0.3 is 0 Å². The van der Waals surface area contributed by atoms with Crippen LogP contribution in [0.1, 0.15) is 5.89 Å². The Bertz CT molecular complexity index is 1320. The van der Waals surface area contributed by atoms with Crippen LogP contribution in [0.15, 0.2) is 70.1 Å². The second-order valence-corrected chi connectivity index (χ2v) is 8.92. The van der Waals surface area contributed by atoms with Crippen LogP contribution < -0.4 is 9.47 Å². The molecule has 0 saturated heterocycles. The highest BCUT2D eigenvalue weighted by Gasteiger charge is 2.23. The second kappa shape index (κ2) is 8.37. The first-order valence-corrected chi connectivity index (χ1v) is 10.9. The predicted molar refractivity (Wildman–Crippen MR) is 115 cm³/mol. The fourth-order valence-electron chi connectivity index (χ4n) is 3.12. The van der Waals surface area contributed by atoms with E-state index in [-0.39, 0.29) is 17.3 Å². The molecule has 1 heterocycles. The zero-order chi connectivity index (χ0) is 22.0. The van der Waals surface area contributed by atoms with Gasteiger partial charge in [-0.3, -0.25) is 0 Å². The van der Waals surface area contributed by atoms with Gasteiger partial charge in [0.15, 0.2) is 0 Å². The Labute approximate surface area is 180 Å². The zero-order valence-corrected chi connectivity index (χ0v) is 18.1. The van der Waals surface area contributed by atoms with Gasteiger partial charge in [-0.05, 0) is 59.3 Å². The molecule has 0 aliphatic heterocycles. The molecule has 0 spiro atoms. The number of hydrogen-bond donors (Lipinski definition) is 0. The van der Waals surface area contributed by atoms with Crippen molar-refractivity contribution in [2.24, 2.45) is 0 Å². The number of sulfonamides is 1. The predicted octanol–water partition coefficient (Wildman–Crippen LogP) is 3.73. The molecule has 3 aromatic carbocycles. The minimum absolute atomic E-state index is 0.0495. The van der Waals surface area contributed by atoms with Gasteiger partial charge in [-0.2, -0.15) is 9.29 Å². The number of ether oxygens (including phenoxy) is 2. The zero-order valence-electron chi connectivity index (χ0n) is 17.3. The van der Waals surface area contributed by atoms with Gasteiger partial charge in [0.05, 0.1) is 25.7 Å². The van der Waals surface area contributed by atoms with Gasteiger partial charge in [0.25, 0.3) is 0 Å². The lowest BCUT2D eigenvalue weighted by Gasteiger charge is -2.15. The van der Waals surface area contributed by atoms with Crippen LogP contribution in [-0.2, 0) is 16.6 Å². The standard InChI is InChI=1S/C22H21N3O5S/c1-25(14-21-23-22(24-30-21)15-4-8-18(28-2)9-5-15)31(26,27)20-11-7-16-12-19(29-3)10-6-17(16)13-20/h4-13H,14H2,1-3H3. The number of rotatable bonds is 7. The average molecular weight is 439 g/mol. The molecule has 0 radical (unpaired) electrons. The van der Waals surface area contributed by atoms with Gasteiger partial charge in [-0.15, -0.1) is 0 Å². The van der Waals surface area contributed by atoms with Crippen LogP contribution in [0.5, 0.6) is 11.5 Å². The van der Waals surface area contributed by atoms with Crippen molar-refractivity contribution in [1.82, 2.24) is 14.4 Å². The molecule has 0 unspecified atom stereocenters. The summed E-state index contributed by atoms with van der Waals surface area (Å²) in [6.45, 7) is -0.0495. The molecular formula is C22H21N3O5S. The van der Waals surface area contributed by atoms with Crippen LogP contribution in [0.3, 0.4) is 0 Å². The number of benzene rings is 3. The highest BCUT2D eigenvalue weighted by Crippen LogP contribution is 2.26.